The lowest BCUT2D eigenvalue weighted by atomic mass is 10.1. The molecule has 0 saturated carbocycles. The van der Waals surface area contributed by atoms with E-state index in [2.05, 4.69) is 10.3 Å². The minimum absolute atomic E-state index is 0.130. The van der Waals surface area contributed by atoms with Crippen LogP contribution in [-0.2, 0) is 17.1 Å². The van der Waals surface area contributed by atoms with Crippen molar-refractivity contribution in [2.45, 2.75) is 37.3 Å². The van der Waals surface area contributed by atoms with Crippen molar-refractivity contribution in [3.63, 3.8) is 0 Å². The summed E-state index contributed by atoms with van der Waals surface area (Å²) in [4.78, 5) is 4.11. The molecular formula is C12H22N4O2S. The summed E-state index contributed by atoms with van der Waals surface area (Å²) < 4.78 is 27.9. The SMILES string of the molecule is Cc1nc(S(=O)(=O)N(C)CC2CCCCN2)cn1C. The maximum absolute atomic E-state index is 12.4. The van der Waals surface area contributed by atoms with Gasteiger partial charge in [0.2, 0.25) is 0 Å². The summed E-state index contributed by atoms with van der Waals surface area (Å²) in [5.41, 5.74) is 0. The van der Waals surface area contributed by atoms with Crippen LogP contribution in [0.25, 0.3) is 0 Å². The average molecular weight is 286 g/mol. The maximum atomic E-state index is 12.4. The van der Waals surface area contributed by atoms with Gasteiger partial charge in [-0.2, -0.15) is 4.31 Å². The lowest BCUT2D eigenvalue weighted by molar-refractivity contribution is 0.337. The number of nitrogens with zero attached hydrogens (tertiary/aromatic N) is 3. The van der Waals surface area contributed by atoms with E-state index < -0.39 is 10.0 Å². The fourth-order valence-corrected chi connectivity index (χ4v) is 3.53. The fraction of sp³-hybridized carbons (Fsp3) is 0.750. The minimum Gasteiger partial charge on any atom is -0.337 e. The van der Waals surface area contributed by atoms with Crippen molar-refractivity contribution in [1.82, 2.24) is 19.2 Å². The summed E-state index contributed by atoms with van der Waals surface area (Å²) in [6, 6.07) is 0.248. The van der Waals surface area contributed by atoms with E-state index in [-0.39, 0.29) is 11.1 Å². The van der Waals surface area contributed by atoms with Crippen molar-refractivity contribution in [2.24, 2.45) is 7.05 Å². The van der Waals surface area contributed by atoms with Gasteiger partial charge in [0.05, 0.1) is 0 Å². The number of likely N-dealkylation sites (N-methyl/N-ethyl adjacent to an activating group) is 1. The van der Waals surface area contributed by atoms with E-state index in [1.807, 2.05) is 0 Å². The Balaban J connectivity index is 2.10. The molecule has 0 radical (unpaired) electrons. The van der Waals surface area contributed by atoms with Crippen LogP contribution in [0.4, 0.5) is 0 Å². The molecule has 108 valence electrons. The van der Waals surface area contributed by atoms with Crippen LogP contribution in [0.15, 0.2) is 11.2 Å². The zero-order valence-electron chi connectivity index (χ0n) is 11.8. The van der Waals surface area contributed by atoms with Crippen molar-refractivity contribution in [3.8, 4) is 0 Å². The van der Waals surface area contributed by atoms with Crippen LogP contribution in [0.3, 0.4) is 0 Å². The van der Waals surface area contributed by atoms with E-state index in [0.717, 1.165) is 19.4 Å². The Morgan fingerprint density at radius 1 is 1.53 bits per heavy atom. The predicted octanol–water partition coefficient (Wildman–Crippen LogP) is 0.491. The minimum atomic E-state index is -3.48. The molecule has 1 saturated heterocycles. The zero-order chi connectivity index (χ0) is 14.0. The van der Waals surface area contributed by atoms with Crippen LogP contribution in [0.5, 0.6) is 0 Å². The highest BCUT2D eigenvalue weighted by atomic mass is 32.2. The predicted molar refractivity (Wildman–Crippen MR) is 73.4 cm³/mol. The Morgan fingerprint density at radius 2 is 2.26 bits per heavy atom. The van der Waals surface area contributed by atoms with Gasteiger partial charge in [0.15, 0.2) is 5.03 Å². The van der Waals surface area contributed by atoms with E-state index in [4.69, 9.17) is 0 Å². The van der Waals surface area contributed by atoms with Crippen LogP contribution in [0, 0.1) is 6.92 Å². The molecule has 1 aliphatic heterocycles. The number of aryl methyl sites for hydroxylation is 2. The molecule has 7 heteroatoms. The van der Waals surface area contributed by atoms with Gasteiger partial charge in [-0.15, -0.1) is 0 Å². The number of nitrogens with one attached hydrogen (secondary N) is 1. The third-order valence-corrected chi connectivity index (χ3v) is 5.35. The molecule has 1 aromatic heterocycles. The Labute approximate surface area is 114 Å². The molecule has 19 heavy (non-hydrogen) atoms. The molecule has 1 aliphatic rings. The molecule has 0 amide bonds. The normalized spacial score (nSPS) is 20.9. The molecule has 0 aliphatic carbocycles. The first-order chi connectivity index (χ1) is 8.91. The van der Waals surface area contributed by atoms with E-state index in [9.17, 15) is 8.42 Å². The lowest BCUT2D eigenvalue weighted by Gasteiger charge is -2.27. The number of aromatic nitrogens is 2. The molecule has 0 bridgehead atoms. The Hall–Kier alpha value is -0.920. The molecule has 0 spiro atoms. The van der Waals surface area contributed by atoms with Crippen molar-refractivity contribution in [1.29, 1.82) is 0 Å². The quantitative estimate of drug-likeness (QED) is 0.875. The standard InChI is InChI=1S/C12H22N4O2S/c1-10-14-12(9-15(10)2)19(17,18)16(3)8-11-6-4-5-7-13-11/h9,11,13H,4-8H2,1-3H3. The molecule has 1 atom stereocenters. The Morgan fingerprint density at radius 3 is 2.79 bits per heavy atom. The third kappa shape index (κ3) is 3.16. The highest BCUT2D eigenvalue weighted by molar-refractivity contribution is 7.89. The maximum Gasteiger partial charge on any atom is 0.261 e. The van der Waals surface area contributed by atoms with E-state index >= 15 is 0 Å². The van der Waals surface area contributed by atoms with Crippen LogP contribution in [0.1, 0.15) is 25.1 Å². The number of imidazole rings is 1. The lowest BCUT2D eigenvalue weighted by Crippen LogP contribution is -2.44. The van der Waals surface area contributed by atoms with Crippen LogP contribution in [0.2, 0.25) is 0 Å². The summed E-state index contributed by atoms with van der Waals surface area (Å²) >= 11 is 0. The summed E-state index contributed by atoms with van der Waals surface area (Å²) in [6.07, 6.45) is 4.93. The van der Waals surface area contributed by atoms with Crippen molar-refractivity contribution in [2.75, 3.05) is 20.1 Å². The van der Waals surface area contributed by atoms with Gasteiger partial charge in [-0.3, -0.25) is 0 Å². The van der Waals surface area contributed by atoms with Crippen LogP contribution in [-0.4, -0.2) is 48.5 Å². The Kier molecular flexibility index (Phi) is 4.27. The second kappa shape index (κ2) is 5.60. The van der Waals surface area contributed by atoms with Gasteiger partial charge in [-0.1, -0.05) is 6.42 Å². The topological polar surface area (TPSA) is 67.2 Å². The van der Waals surface area contributed by atoms with E-state index in [1.165, 1.54) is 10.7 Å². The smallest absolute Gasteiger partial charge is 0.261 e. The first-order valence-corrected chi connectivity index (χ1v) is 8.05. The number of sulfonamides is 1. The largest absolute Gasteiger partial charge is 0.337 e. The summed E-state index contributed by atoms with van der Waals surface area (Å²) in [7, 11) is -0.0623. The van der Waals surface area contributed by atoms with Crippen molar-refractivity contribution in [3.05, 3.63) is 12.0 Å². The second-order valence-electron chi connectivity index (χ2n) is 5.17. The number of hydrogen-bond donors (Lipinski definition) is 1. The van der Waals surface area contributed by atoms with E-state index in [0.29, 0.717) is 12.4 Å². The first kappa shape index (κ1) is 14.5. The summed E-state index contributed by atoms with van der Waals surface area (Å²) in [5.74, 6) is 0.697. The van der Waals surface area contributed by atoms with Gasteiger partial charge < -0.3 is 9.88 Å². The molecule has 1 N–H and O–H groups in total. The van der Waals surface area contributed by atoms with Gasteiger partial charge in [0.25, 0.3) is 10.0 Å². The van der Waals surface area contributed by atoms with Crippen molar-refractivity contribution >= 4 is 10.0 Å². The van der Waals surface area contributed by atoms with Gasteiger partial charge in [0, 0.05) is 32.9 Å². The summed E-state index contributed by atoms with van der Waals surface area (Å²) in [5, 5.41) is 3.49. The molecule has 0 aromatic carbocycles. The zero-order valence-corrected chi connectivity index (χ0v) is 12.6. The van der Waals surface area contributed by atoms with Crippen LogP contribution < -0.4 is 5.32 Å². The molecule has 6 nitrogen and oxygen atoms in total. The van der Waals surface area contributed by atoms with Gasteiger partial charge >= 0.3 is 0 Å². The second-order valence-corrected chi connectivity index (χ2v) is 7.16. The monoisotopic (exact) mass is 286 g/mol. The molecule has 1 unspecified atom stereocenters. The summed E-state index contributed by atoms with van der Waals surface area (Å²) in [6.45, 7) is 3.26. The highest BCUT2D eigenvalue weighted by Crippen LogP contribution is 2.15. The highest BCUT2D eigenvalue weighted by Gasteiger charge is 2.26. The molecule has 2 rings (SSSR count). The average Bonchev–Trinajstić information content (AvgIpc) is 2.71. The first-order valence-electron chi connectivity index (χ1n) is 6.61. The van der Waals surface area contributed by atoms with Gasteiger partial charge in [-0.25, -0.2) is 13.4 Å². The molecule has 1 aromatic rings. The third-order valence-electron chi connectivity index (χ3n) is 3.65. The molecular weight excluding hydrogens is 264 g/mol. The number of piperidine rings is 1. The molecule has 2 heterocycles. The van der Waals surface area contributed by atoms with Gasteiger partial charge in [-0.05, 0) is 26.3 Å². The number of rotatable bonds is 4. The number of hydrogen-bond acceptors (Lipinski definition) is 4. The van der Waals surface area contributed by atoms with Gasteiger partial charge in [0.1, 0.15) is 5.82 Å². The molecule has 1 fully saturated rings. The fourth-order valence-electron chi connectivity index (χ4n) is 2.30. The van der Waals surface area contributed by atoms with E-state index in [1.54, 1.807) is 31.8 Å². The van der Waals surface area contributed by atoms with Crippen molar-refractivity contribution < 1.29 is 8.42 Å². The Bertz CT molecular complexity index is 512. The van der Waals surface area contributed by atoms with Crippen LogP contribution >= 0.6 is 0 Å².